The highest BCUT2D eigenvalue weighted by Gasteiger charge is 2.20. The fourth-order valence-electron chi connectivity index (χ4n) is 3.45. The predicted octanol–water partition coefficient (Wildman–Crippen LogP) is 2.98. The Bertz CT molecular complexity index is 256. The molecule has 1 aliphatic heterocycles. The molecule has 0 atom stereocenters. The molecule has 1 N–H and O–H groups in total. The van der Waals surface area contributed by atoms with Crippen LogP contribution in [0.15, 0.2) is 0 Å². The Hall–Kier alpha value is -0.570. The van der Waals surface area contributed by atoms with Crippen LogP contribution in [0.1, 0.15) is 97.8 Å². The summed E-state index contributed by atoms with van der Waals surface area (Å²) in [7, 11) is 0. The molecule has 0 aromatic heterocycles. The third kappa shape index (κ3) is 16.1. The van der Waals surface area contributed by atoms with E-state index in [-0.39, 0.29) is 0 Å². The first-order chi connectivity index (χ1) is 11.1. The smallest absolute Gasteiger partial charge is 0.0773 e. The number of quaternary nitrogens is 1. The quantitative estimate of drug-likeness (QED) is 0.593. The minimum atomic E-state index is -1.08. The zero-order chi connectivity index (χ0) is 17.3. The normalized spacial score (nSPS) is 20.7. The van der Waals surface area contributed by atoms with Crippen LogP contribution in [0.25, 0.3) is 0 Å². The summed E-state index contributed by atoms with van der Waals surface area (Å²) in [5.41, 5.74) is 0. The SMILES string of the molecule is CC(=O)[O-].CCCCCCCCC[NH+]1CCC(CCCC)CC1. The lowest BCUT2D eigenvalue weighted by Gasteiger charge is -2.29. The Balaban J connectivity index is 0.00000108. The summed E-state index contributed by atoms with van der Waals surface area (Å²) in [6, 6.07) is 0. The Kier molecular flexibility index (Phi) is 15.9. The van der Waals surface area contributed by atoms with E-state index in [2.05, 4.69) is 13.8 Å². The minimum absolute atomic E-state index is 0.972. The van der Waals surface area contributed by atoms with E-state index in [1.807, 2.05) is 4.90 Å². The van der Waals surface area contributed by atoms with Crippen LogP contribution in [-0.2, 0) is 4.79 Å². The third-order valence-electron chi connectivity index (χ3n) is 4.91. The van der Waals surface area contributed by atoms with E-state index in [1.165, 1.54) is 96.7 Å². The van der Waals surface area contributed by atoms with Crippen molar-refractivity contribution in [2.24, 2.45) is 5.92 Å². The highest BCUT2D eigenvalue weighted by Crippen LogP contribution is 2.17. The second-order valence-electron chi connectivity index (χ2n) is 7.20. The van der Waals surface area contributed by atoms with Crippen molar-refractivity contribution in [2.45, 2.75) is 97.8 Å². The molecule has 0 aliphatic carbocycles. The first kappa shape index (κ1) is 22.4. The fourth-order valence-corrected chi connectivity index (χ4v) is 3.45. The number of carbonyl (C=O) groups is 1. The summed E-state index contributed by atoms with van der Waals surface area (Å²) < 4.78 is 0. The largest absolute Gasteiger partial charge is 0.550 e. The molecule has 3 heteroatoms. The van der Waals surface area contributed by atoms with Crippen molar-refractivity contribution in [2.75, 3.05) is 19.6 Å². The average molecular weight is 328 g/mol. The summed E-state index contributed by atoms with van der Waals surface area (Å²) in [5, 5.41) is 8.89. The van der Waals surface area contributed by atoms with Gasteiger partial charge in [0.2, 0.25) is 0 Å². The van der Waals surface area contributed by atoms with Gasteiger partial charge in [-0.25, -0.2) is 0 Å². The highest BCUT2D eigenvalue weighted by atomic mass is 16.4. The molecule has 3 nitrogen and oxygen atoms in total. The van der Waals surface area contributed by atoms with Gasteiger partial charge in [-0.2, -0.15) is 0 Å². The van der Waals surface area contributed by atoms with Gasteiger partial charge in [0.1, 0.15) is 0 Å². The van der Waals surface area contributed by atoms with Gasteiger partial charge in [0, 0.05) is 5.97 Å². The highest BCUT2D eigenvalue weighted by molar-refractivity contribution is 5.60. The van der Waals surface area contributed by atoms with Crippen LogP contribution < -0.4 is 10.0 Å². The summed E-state index contributed by atoms with van der Waals surface area (Å²) in [6.07, 6.45) is 17.5. The summed E-state index contributed by atoms with van der Waals surface area (Å²) in [4.78, 5) is 10.8. The Morgan fingerprint density at radius 3 is 1.91 bits per heavy atom. The number of carbonyl (C=O) groups excluding carboxylic acids is 1. The molecule has 23 heavy (non-hydrogen) atoms. The molecular weight excluding hydrogens is 286 g/mol. The zero-order valence-electron chi connectivity index (χ0n) is 16.0. The lowest BCUT2D eigenvalue weighted by molar-refractivity contribution is -0.906. The lowest BCUT2D eigenvalue weighted by Crippen LogP contribution is -3.13. The molecule has 0 unspecified atom stereocenters. The van der Waals surface area contributed by atoms with Gasteiger partial charge in [-0.15, -0.1) is 0 Å². The number of carboxylic acid groups (broad SMARTS) is 1. The summed E-state index contributed by atoms with van der Waals surface area (Å²) in [6.45, 7) is 9.97. The average Bonchev–Trinajstić information content (AvgIpc) is 2.52. The van der Waals surface area contributed by atoms with E-state index in [0.29, 0.717) is 0 Å². The van der Waals surface area contributed by atoms with Crippen LogP contribution in [0, 0.1) is 5.92 Å². The van der Waals surface area contributed by atoms with Gasteiger partial charge in [0.25, 0.3) is 0 Å². The van der Waals surface area contributed by atoms with E-state index in [1.54, 1.807) is 0 Å². The van der Waals surface area contributed by atoms with Crippen molar-refractivity contribution < 1.29 is 14.8 Å². The van der Waals surface area contributed by atoms with Crippen LogP contribution in [0.2, 0.25) is 0 Å². The number of likely N-dealkylation sites (tertiary alicyclic amines) is 1. The number of piperidine rings is 1. The van der Waals surface area contributed by atoms with E-state index in [0.717, 1.165) is 12.8 Å². The standard InChI is InChI=1S/C18H37N.C2H4O2/c1-3-5-7-8-9-10-11-15-19-16-13-18(14-17-19)12-6-4-2;1-2(3)4/h18H,3-17H2,1-2H3;1H3,(H,3,4). The first-order valence-electron chi connectivity index (χ1n) is 10.1. The number of aliphatic carboxylic acids is 1. The Labute approximate surface area is 144 Å². The molecule has 1 aliphatic rings. The molecule has 0 radical (unpaired) electrons. The van der Waals surface area contributed by atoms with E-state index >= 15 is 0 Å². The number of rotatable bonds is 11. The lowest BCUT2D eigenvalue weighted by atomic mass is 9.91. The van der Waals surface area contributed by atoms with E-state index in [9.17, 15) is 0 Å². The van der Waals surface area contributed by atoms with Gasteiger partial charge >= 0.3 is 0 Å². The monoisotopic (exact) mass is 327 g/mol. The van der Waals surface area contributed by atoms with Crippen molar-refractivity contribution in [3.63, 3.8) is 0 Å². The molecule has 138 valence electrons. The molecule has 0 aromatic carbocycles. The zero-order valence-corrected chi connectivity index (χ0v) is 16.0. The number of carboxylic acids is 1. The fraction of sp³-hybridized carbons (Fsp3) is 0.950. The molecule has 0 aromatic rings. The Morgan fingerprint density at radius 1 is 0.913 bits per heavy atom. The van der Waals surface area contributed by atoms with Crippen LogP contribution in [0.5, 0.6) is 0 Å². The van der Waals surface area contributed by atoms with Crippen molar-refractivity contribution in [3.8, 4) is 0 Å². The third-order valence-corrected chi connectivity index (χ3v) is 4.91. The van der Waals surface area contributed by atoms with Crippen LogP contribution in [-0.4, -0.2) is 25.6 Å². The number of unbranched alkanes of at least 4 members (excludes halogenated alkanes) is 7. The van der Waals surface area contributed by atoms with Gasteiger partial charge in [-0.3, -0.25) is 0 Å². The first-order valence-corrected chi connectivity index (χ1v) is 10.1. The predicted molar refractivity (Wildman–Crippen MR) is 96.5 cm³/mol. The van der Waals surface area contributed by atoms with Crippen molar-refractivity contribution >= 4 is 5.97 Å². The second-order valence-corrected chi connectivity index (χ2v) is 7.20. The van der Waals surface area contributed by atoms with E-state index in [4.69, 9.17) is 9.90 Å². The molecule has 1 rings (SSSR count). The molecule has 1 fully saturated rings. The van der Waals surface area contributed by atoms with Gasteiger partial charge < -0.3 is 14.8 Å². The molecule has 0 saturated carbocycles. The van der Waals surface area contributed by atoms with Gasteiger partial charge in [0.05, 0.1) is 19.6 Å². The van der Waals surface area contributed by atoms with Gasteiger partial charge in [-0.1, -0.05) is 65.2 Å². The second kappa shape index (κ2) is 16.3. The van der Waals surface area contributed by atoms with Crippen LogP contribution >= 0.6 is 0 Å². The maximum absolute atomic E-state index is 8.89. The van der Waals surface area contributed by atoms with Gasteiger partial charge in [-0.05, 0) is 38.5 Å². The minimum Gasteiger partial charge on any atom is -0.550 e. The molecule has 0 amide bonds. The number of hydrogen-bond acceptors (Lipinski definition) is 2. The maximum atomic E-state index is 8.89. The topological polar surface area (TPSA) is 44.6 Å². The van der Waals surface area contributed by atoms with Crippen LogP contribution in [0.3, 0.4) is 0 Å². The Morgan fingerprint density at radius 2 is 1.39 bits per heavy atom. The maximum Gasteiger partial charge on any atom is 0.0773 e. The van der Waals surface area contributed by atoms with Gasteiger partial charge in [0.15, 0.2) is 0 Å². The van der Waals surface area contributed by atoms with Crippen LogP contribution in [0.4, 0.5) is 0 Å². The molecule has 1 heterocycles. The molecular formula is C20H41NO2. The van der Waals surface area contributed by atoms with Crippen molar-refractivity contribution in [1.82, 2.24) is 0 Å². The van der Waals surface area contributed by atoms with Crippen molar-refractivity contribution in [1.29, 1.82) is 0 Å². The molecule has 0 spiro atoms. The van der Waals surface area contributed by atoms with Crippen molar-refractivity contribution in [3.05, 3.63) is 0 Å². The summed E-state index contributed by atoms with van der Waals surface area (Å²) in [5.74, 6) is -0.0160. The van der Waals surface area contributed by atoms with E-state index < -0.39 is 5.97 Å². The molecule has 0 bridgehead atoms. The number of nitrogens with one attached hydrogen (secondary N) is 1. The number of hydrogen-bond donors (Lipinski definition) is 1. The summed E-state index contributed by atoms with van der Waals surface area (Å²) >= 11 is 0. The molecule has 1 saturated heterocycles.